The number of carbonyl (C=O) groups excluding carboxylic acids is 1. The van der Waals surface area contributed by atoms with Crippen LogP contribution in [0.1, 0.15) is 11.5 Å². The summed E-state index contributed by atoms with van der Waals surface area (Å²) in [5.74, 6) is -1.13. The Morgan fingerprint density at radius 1 is 0.957 bits per heavy atom. The van der Waals surface area contributed by atoms with Crippen LogP contribution in [-0.2, 0) is 0 Å². The van der Waals surface area contributed by atoms with Gasteiger partial charge in [-0.2, -0.15) is 0 Å². The van der Waals surface area contributed by atoms with Crippen molar-refractivity contribution >= 4 is 6.09 Å². The average Bonchev–Trinajstić information content (AvgIpc) is 2.55. The molecule has 1 amide bonds. The molecule has 0 unspecified atom stereocenters. The van der Waals surface area contributed by atoms with E-state index in [4.69, 9.17) is 4.74 Å². The zero-order chi connectivity index (χ0) is 16.2. The zero-order valence-corrected chi connectivity index (χ0v) is 12.0. The fraction of sp³-hybridized carbons (Fsp3) is 0.0556. The highest BCUT2D eigenvalue weighted by atomic mass is 19.1. The van der Waals surface area contributed by atoms with E-state index in [1.165, 1.54) is 29.4 Å². The van der Waals surface area contributed by atoms with Gasteiger partial charge in [-0.05, 0) is 29.8 Å². The van der Waals surface area contributed by atoms with E-state index in [9.17, 15) is 13.6 Å². The van der Waals surface area contributed by atoms with Crippen molar-refractivity contribution in [2.24, 2.45) is 0 Å². The zero-order valence-electron chi connectivity index (χ0n) is 12.0. The molecule has 0 saturated heterocycles. The fourth-order valence-electron chi connectivity index (χ4n) is 2.24. The van der Waals surface area contributed by atoms with E-state index in [1.54, 1.807) is 36.4 Å². The molecule has 1 heterocycles. The lowest BCUT2D eigenvalue weighted by Gasteiger charge is -2.20. The molecule has 1 aliphatic heterocycles. The van der Waals surface area contributed by atoms with Crippen molar-refractivity contribution in [1.29, 1.82) is 0 Å². The minimum atomic E-state index is -0.632. The molecule has 0 atom stereocenters. The molecule has 0 N–H and O–H groups in total. The van der Waals surface area contributed by atoms with Gasteiger partial charge in [-0.3, -0.25) is 4.90 Å². The van der Waals surface area contributed by atoms with Crippen molar-refractivity contribution in [1.82, 2.24) is 4.90 Å². The van der Waals surface area contributed by atoms with Crippen LogP contribution < -0.4 is 4.74 Å². The van der Waals surface area contributed by atoms with Gasteiger partial charge in [0.05, 0.1) is 0 Å². The minimum absolute atomic E-state index is 0.305. The number of ether oxygens (including phenoxy) is 1. The Kier molecular flexibility index (Phi) is 4.19. The normalized spacial score (nSPS) is 14.1. The first-order valence-corrected chi connectivity index (χ1v) is 7.00. The van der Waals surface area contributed by atoms with E-state index in [0.29, 0.717) is 11.3 Å². The lowest BCUT2D eigenvalue weighted by Crippen LogP contribution is -2.25. The van der Waals surface area contributed by atoms with Gasteiger partial charge in [0.2, 0.25) is 0 Å². The Morgan fingerprint density at radius 2 is 1.57 bits per heavy atom. The molecule has 1 aliphatic rings. The van der Waals surface area contributed by atoms with Crippen molar-refractivity contribution < 1.29 is 18.3 Å². The van der Waals surface area contributed by atoms with Crippen molar-refractivity contribution in [3.05, 3.63) is 90.3 Å². The molecular formula is C18H13F2NO2. The van der Waals surface area contributed by atoms with Gasteiger partial charge in [0.25, 0.3) is 0 Å². The molecule has 5 heteroatoms. The van der Waals surface area contributed by atoms with E-state index in [1.807, 2.05) is 6.07 Å². The van der Waals surface area contributed by atoms with Gasteiger partial charge in [-0.25, -0.2) is 13.6 Å². The highest BCUT2D eigenvalue weighted by Gasteiger charge is 2.17. The highest BCUT2D eigenvalue weighted by Crippen LogP contribution is 2.25. The molecule has 116 valence electrons. The molecule has 3 rings (SSSR count). The number of para-hydroxylation sites is 1. The molecule has 2 aromatic rings. The van der Waals surface area contributed by atoms with Crippen molar-refractivity contribution in [2.75, 3.05) is 0 Å². The Hall–Kier alpha value is -2.95. The second-order valence-corrected chi connectivity index (χ2v) is 5.00. The maximum atomic E-state index is 13.3. The lowest BCUT2D eigenvalue weighted by molar-refractivity contribution is 0.181. The Balaban J connectivity index is 1.69. The van der Waals surface area contributed by atoms with Crippen LogP contribution in [0.25, 0.3) is 0 Å². The number of benzene rings is 2. The third-order valence-corrected chi connectivity index (χ3v) is 3.34. The number of allylic oxidation sites excluding steroid dienone is 2. The van der Waals surface area contributed by atoms with Gasteiger partial charge < -0.3 is 4.74 Å². The van der Waals surface area contributed by atoms with Crippen LogP contribution in [0.5, 0.6) is 5.75 Å². The summed E-state index contributed by atoms with van der Waals surface area (Å²) >= 11 is 0. The minimum Gasteiger partial charge on any atom is -0.410 e. The summed E-state index contributed by atoms with van der Waals surface area (Å²) in [4.78, 5) is 13.3. The van der Waals surface area contributed by atoms with Crippen LogP contribution in [0.4, 0.5) is 13.6 Å². The quantitative estimate of drug-likeness (QED) is 0.811. The summed E-state index contributed by atoms with van der Waals surface area (Å²) in [6, 6.07) is 12.0. The number of nitrogens with zero attached hydrogens (tertiary/aromatic N) is 1. The second kappa shape index (κ2) is 6.44. The topological polar surface area (TPSA) is 29.5 Å². The third kappa shape index (κ3) is 3.63. The van der Waals surface area contributed by atoms with Crippen molar-refractivity contribution in [3.8, 4) is 5.75 Å². The molecule has 0 radical (unpaired) electrons. The molecular weight excluding hydrogens is 300 g/mol. The summed E-state index contributed by atoms with van der Waals surface area (Å²) in [6.07, 6.45) is 5.80. The second-order valence-electron chi connectivity index (χ2n) is 5.00. The predicted octanol–water partition coefficient (Wildman–Crippen LogP) is 4.59. The SMILES string of the molecule is O=C(Oc1ccccc1)N1C=CC(c2cc(F)cc(F)c2)C=C1. The van der Waals surface area contributed by atoms with Crippen LogP contribution in [0.15, 0.2) is 73.1 Å². The summed E-state index contributed by atoms with van der Waals surface area (Å²) < 4.78 is 31.7. The Bertz CT molecular complexity index is 738. The Morgan fingerprint density at radius 3 is 2.17 bits per heavy atom. The average molecular weight is 313 g/mol. The summed E-state index contributed by atoms with van der Waals surface area (Å²) in [7, 11) is 0. The largest absolute Gasteiger partial charge is 0.423 e. The number of rotatable bonds is 2. The summed E-state index contributed by atoms with van der Waals surface area (Å²) in [5, 5.41) is 0. The fourth-order valence-corrected chi connectivity index (χ4v) is 2.24. The monoisotopic (exact) mass is 313 g/mol. The van der Waals surface area contributed by atoms with Crippen molar-refractivity contribution in [3.63, 3.8) is 0 Å². The van der Waals surface area contributed by atoms with E-state index in [0.717, 1.165) is 6.07 Å². The molecule has 23 heavy (non-hydrogen) atoms. The van der Waals surface area contributed by atoms with Crippen LogP contribution in [0.3, 0.4) is 0 Å². The maximum Gasteiger partial charge on any atom is 0.423 e. The summed E-state index contributed by atoms with van der Waals surface area (Å²) in [5.41, 5.74) is 0.478. The molecule has 0 saturated carbocycles. The van der Waals surface area contributed by atoms with Crippen LogP contribution >= 0.6 is 0 Å². The van der Waals surface area contributed by atoms with E-state index < -0.39 is 17.7 Å². The summed E-state index contributed by atoms with van der Waals surface area (Å²) in [6.45, 7) is 0. The molecule has 2 aromatic carbocycles. The molecule has 3 nitrogen and oxygen atoms in total. The maximum absolute atomic E-state index is 13.3. The van der Waals surface area contributed by atoms with Crippen LogP contribution in [-0.4, -0.2) is 11.0 Å². The van der Waals surface area contributed by atoms with Gasteiger partial charge in [-0.1, -0.05) is 30.4 Å². The van der Waals surface area contributed by atoms with E-state index >= 15 is 0 Å². The first kappa shape index (κ1) is 15.0. The lowest BCUT2D eigenvalue weighted by atomic mass is 9.97. The van der Waals surface area contributed by atoms with E-state index in [-0.39, 0.29) is 5.92 Å². The molecule has 0 aromatic heterocycles. The molecule has 0 aliphatic carbocycles. The first-order chi connectivity index (χ1) is 11.1. The highest BCUT2D eigenvalue weighted by molar-refractivity contribution is 5.73. The van der Waals surface area contributed by atoms with Gasteiger partial charge in [-0.15, -0.1) is 0 Å². The van der Waals surface area contributed by atoms with Crippen LogP contribution in [0.2, 0.25) is 0 Å². The van der Waals surface area contributed by atoms with Gasteiger partial charge >= 0.3 is 6.09 Å². The van der Waals surface area contributed by atoms with Gasteiger partial charge in [0.1, 0.15) is 17.4 Å². The molecule has 0 fully saturated rings. The number of hydrogen-bond donors (Lipinski definition) is 0. The molecule has 0 spiro atoms. The number of hydrogen-bond acceptors (Lipinski definition) is 2. The Labute approximate surface area is 132 Å². The number of carbonyl (C=O) groups is 1. The van der Waals surface area contributed by atoms with E-state index in [2.05, 4.69) is 0 Å². The van der Waals surface area contributed by atoms with Gasteiger partial charge in [0, 0.05) is 24.4 Å². The molecule has 0 bridgehead atoms. The van der Waals surface area contributed by atoms with Crippen LogP contribution in [0, 0.1) is 11.6 Å². The number of halogens is 2. The number of amides is 1. The van der Waals surface area contributed by atoms with Crippen molar-refractivity contribution in [2.45, 2.75) is 5.92 Å². The predicted molar refractivity (Wildman–Crippen MR) is 81.7 cm³/mol. The standard InChI is InChI=1S/C18H13F2NO2/c19-15-10-14(11-16(20)12-15)13-6-8-21(9-7-13)18(22)23-17-4-2-1-3-5-17/h1-13H. The van der Waals surface area contributed by atoms with Gasteiger partial charge in [0.15, 0.2) is 0 Å². The smallest absolute Gasteiger partial charge is 0.410 e. The third-order valence-electron chi connectivity index (χ3n) is 3.34. The first-order valence-electron chi connectivity index (χ1n) is 7.00.